The minimum Gasteiger partial charge on any atom is -0.464 e. The maximum atomic E-state index is 13.4. The summed E-state index contributed by atoms with van der Waals surface area (Å²) in [5, 5.41) is 4.90. The monoisotopic (exact) mass is 1090 g/mol. The molecule has 0 spiro atoms. The Hall–Kier alpha value is -4.23. The maximum absolute atomic E-state index is 13.4. The second kappa shape index (κ2) is 27.9. The van der Waals surface area contributed by atoms with Crippen LogP contribution in [0.2, 0.25) is 23.2 Å². The summed E-state index contributed by atoms with van der Waals surface area (Å²) in [6, 6.07) is 23.0. The van der Waals surface area contributed by atoms with E-state index in [0.29, 0.717) is 38.1 Å². The number of allylic oxidation sites excluding steroid dienone is 2. The Morgan fingerprint density at radius 1 is 0.917 bits per heavy atom. The summed E-state index contributed by atoms with van der Waals surface area (Å²) in [6.45, 7) is 21.2. The summed E-state index contributed by atoms with van der Waals surface area (Å²) in [5.74, 6) is -1.49. The molecule has 2 amide bonds. The van der Waals surface area contributed by atoms with Crippen LogP contribution in [0.3, 0.4) is 0 Å². The molecule has 2 aromatic carbocycles. The predicted octanol–water partition coefficient (Wildman–Crippen LogP) is 11.1. The molecule has 1 aliphatic heterocycles. The fourth-order valence-electron chi connectivity index (χ4n) is 9.33. The van der Waals surface area contributed by atoms with Crippen LogP contribution >= 0.6 is 34.8 Å². The summed E-state index contributed by atoms with van der Waals surface area (Å²) >= 11 is 17.3. The van der Waals surface area contributed by atoms with E-state index < -0.39 is 63.3 Å². The van der Waals surface area contributed by atoms with Crippen molar-refractivity contribution in [2.24, 2.45) is 11.8 Å². The SMILES string of the molecule is CC[Si](CC)(CC)OC(Cc1nc(C(=O)OC)co1)C[C@@H](/C=C(C)/C=C/CNC(=O)/C=C/[C@@H](C)[C@H](OC(=O)[C@H]1CCCN1C(=O)OCC(Cl)(Cl)Cl)C(C)C)O[Si](c1ccccc1)(c1ccccc1)C(C)(C)C. The van der Waals surface area contributed by atoms with Crippen LogP contribution in [-0.2, 0) is 39.1 Å². The molecule has 1 aromatic heterocycles. The van der Waals surface area contributed by atoms with E-state index >= 15 is 0 Å². The summed E-state index contributed by atoms with van der Waals surface area (Å²) in [7, 11) is -3.99. The summed E-state index contributed by atoms with van der Waals surface area (Å²) in [5.41, 5.74) is 1.02. The lowest BCUT2D eigenvalue weighted by Gasteiger charge is -2.45. The average molecular weight is 1090 g/mol. The van der Waals surface area contributed by atoms with Gasteiger partial charge in [-0.1, -0.05) is 188 Å². The molecule has 1 aliphatic rings. The lowest BCUT2D eigenvalue weighted by molar-refractivity contribution is -0.158. The number of hydrogen-bond donors (Lipinski definition) is 1. The minimum atomic E-state index is -3.10. The smallest absolute Gasteiger partial charge is 0.410 e. The number of ether oxygens (including phenoxy) is 3. The molecule has 396 valence electrons. The van der Waals surface area contributed by atoms with Gasteiger partial charge in [0.25, 0.3) is 8.32 Å². The van der Waals surface area contributed by atoms with Crippen LogP contribution in [0.1, 0.15) is 105 Å². The molecule has 0 radical (unpaired) electrons. The fraction of sp³-hybridized carbons (Fsp3) is 0.537. The largest absolute Gasteiger partial charge is 0.464 e. The van der Waals surface area contributed by atoms with Gasteiger partial charge in [0.2, 0.25) is 9.70 Å². The van der Waals surface area contributed by atoms with Crippen LogP contribution in [0.25, 0.3) is 0 Å². The number of halogens is 3. The first-order chi connectivity index (χ1) is 34.0. The molecule has 4 rings (SSSR count). The van der Waals surface area contributed by atoms with E-state index in [1.165, 1.54) is 24.3 Å². The van der Waals surface area contributed by atoms with Crippen LogP contribution in [0.4, 0.5) is 4.79 Å². The molecule has 5 atom stereocenters. The molecule has 13 nitrogen and oxygen atoms in total. The average Bonchev–Trinajstić information content (AvgIpc) is 4.04. The molecule has 2 heterocycles. The van der Waals surface area contributed by atoms with Crippen molar-refractivity contribution in [1.29, 1.82) is 0 Å². The third-order valence-electron chi connectivity index (χ3n) is 13.3. The van der Waals surface area contributed by atoms with Crippen molar-refractivity contribution in [2.45, 2.75) is 146 Å². The van der Waals surface area contributed by atoms with Crippen LogP contribution in [-0.4, -0.2) is 105 Å². The third kappa shape index (κ3) is 17.2. The van der Waals surface area contributed by atoms with Gasteiger partial charge in [-0.25, -0.2) is 19.4 Å². The third-order valence-corrected chi connectivity index (χ3v) is 23.3. The van der Waals surface area contributed by atoms with Crippen molar-refractivity contribution in [3.05, 3.63) is 114 Å². The number of nitrogens with one attached hydrogen (secondary N) is 1. The van der Waals surface area contributed by atoms with Crippen molar-refractivity contribution in [2.75, 3.05) is 26.8 Å². The first kappa shape index (κ1) is 60.3. The first-order valence-corrected chi connectivity index (χ1v) is 30.6. The number of aromatic nitrogens is 1. The number of alkyl halides is 3. The van der Waals surface area contributed by atoms with E-state index in [1.807, 2.05) is 52.0 Å². The Morgan fingerprint density at radius 3 is 2.07 bits per heavy atom. The number of esters is 2. The van der Waals surface area contributed by atoms with Crippen LogP contribution in [0, 0.1) is 11.8 Å². The maximum Gasteiger partial charge on any atom is 0.410 e. The van der Waals surface area contributed by atoms with Gasteiger partial charge < -0.3 is 32.8 Å². The van der Waals surface area contributed by atoms with Crippen molar-refractivity contribution >= 4 is 85.8 Å². The molecule has 0 bridgehead atoms. The van der Waals surface area contributed by atoms with E-state index in [0.717, 1.165) is 34.1 Å². The molecule has 0 aliphatic carbocycles. The van der Waals surface area contributed by atoms with E-state index in [4.69, 9.17) is 62.3 Å². The lowest BCUT2D eigenvalue weighted by Crippen LogP contribution is -2.67. The zero-order valence-corrected chi connectivity index (χ0v) is 48.2. The van der Waals surface area contributed by atoms with E-state index in [-0.39, 0.29) is 41.1 Å². The number of carbonyl (C=O) groups is 4. The molecule has 3 aromatic rings. The highest BCUT2D eigenvalue weighted by Crippen LogP contribution is 2.39. The highest BCUT2D eigenvalue weighted by atomic mass is 35.6. The van der Waals surface area contributed by atoms with Gasteiger partial charge in [-0.05, 0) is 65.3 Å². The molecule has 18 heteroatoms. The van der Waals surface area contributed by atoms with Crippen molar-refractivity contribution < 1.29 is 46.7 Å². The highest BCUT2D eigenvalue weighted by Gasteiger charge is 2.52. The molecule has 1 saturated heterocycles. The Balaban J connectivity index is 1.59. The zero-order valence-electron chi connectivity index (χ0n) is 43.9. The molecular weight excluding hydrogens is 1010 g/mol. The topological polar surface area (TPSA) is 156 Å². The van der Waals surface area contributed by atoms with Gasteiger partial charge >= 0.3 is 18.0 Å². The second-order valence-electron chi connectivity index (χ2n) is 19.8. The molecule has 1 N–H and O–H groups in total. The number of nitrogens with zero attached hydrogens (tertiary/aromatic N) is 2. The van der Waals surface area contributed by atoms with Crippen molar-refractivity contribution in [3.8, 4) is 0 Å². The summed E-state index contributed by atoms with van der Waals surface area (Å²) in [4.78, 5) is 57.5. The number of benzene rings is 2. The Labute approximate surface area is 444 Å². The second-order valence-corrected chi connectivity index (χ2v) is 31.3. The van der Waals surface area contributed by atoms with Gasteiger partial charge in [-0.15, -0.1) is 0 Å². The normalized spacial score (nSPS) is 16.7. The number of hydrogen-bond acceptors (Lipinski definition) is 11. The van der Waals surface area contributed by atoms with Gasteiger partial charge in [-0.3, -0.25) is 9.69 Å². The van der Waals surface area contributed by atoms with Gasteiger partial charge in [0, 0.05) is 31.8 Å². The molecular formula is C54H76Cl3N3O10Si2. The van der Waals surface area contributed by atoms with Crippen LogP contribution in [0.15, 0.2) is 107 Å². The Kier molecular flexibility index (Phi) is 23.4. The Morgan fingerprint density at radius 2 is 1.53 bits per heavy atom. The van der Waals surface area contributed by atoms with Gasteiger partial charge in [-0.2, -0.15) is 0 Å². The van der Waals surface area contributed by atoms with Gasteiger partial charge in [0.1, 0.15) is 25.0 Å². The van der Waals surface area contributed by atoms with Crippen LogP contribution < -0.4 is 15.7 Å². The number of oxazole rings is 1. The Bertz CT molecular complexity index is 2250. The molecule has 0 saturated carbocycles. The van der Waals surface area contributed by atoms with E-state index in [2.05, 4.69) is 106 Å². The first-order valence-electron chi connectivity index (χ1n) is 25.0. The molecule has 72 heavy (non-hydrogen) atoms. The standard InChI is InChI=1S/C54H76Cl3N3O10Si2/c1-12-71(13-2,14-3)69-42(35-48-59-45(36-66-48)50(62)65-11)34-41(70-72(53(8,9)10,43-24-17-15-18-25-43)44-26-19-16-20-27-44)33-39(6)23-21-31-58-47(61)30-29-40(7)49(38(4)5)68-51(63)46-28-22-32-60(46)52(64)67-37-54(55,56)57/h15-21,23-27,29-30,33,36,38,40-42,46,49H,12-14,22,28,31-32,34-35,37H2,1-11H3,(H,58,61)/b23-21+,30-29+,39-33+/t40-,41-,42?,46-,49-/m1/s1. The predicted molar refractivity (Wildman–Crippen MR) is 291 cm³/mol. The number of likely N-dealkylation sites (tertiary alicyclic amines) is 1. The minimum absolute atomic E-state index is 0.0948. The number of carbonyl (C=O) groups excluding carboxylic acids is 4. The van der Waals surface area contributed by atoms with Crippen molar-refractivity contribution in [1.82, 2.24) is 15.2 Å². The van der Waals surface area contributed by atoms with Gasteiger partial charge in [0.15, 0.2) is 19.9 Å². The number of rotatable bonds is 25. The van der Waals surface area contributed by atoms with E-state index in [9.17, 15) is 19.2 Å². The highest BCUT2D eigenvalue weighted by molar-refractivity contribution is 6.99. The number of amides is 2. The van der Waals surface area contributed by atoms with Gasteiger partial charge in [0.05, 0.1) is 19.3 Å². The molecule has 1 fully saturated rings. The fourth-order valence-corrected chi connectivity index (χ4v) is 17.0. The molecule has 1 unspecified atom stereocenters. The van der Waals surface area contributed by atoms with Crippen LogP contribution in [0.5, 0.6) is 0 Å². The zero-order chi connectivity index (χ0) is 53.3. The lowest BCUT2D eigenvalue weighted by atomic mass is 9.94. The van der Waals surface area contributed by atoms with E-state index in [1.54, 1.807) is 6.08 Å². The summed E-state index contributed by atoms with van der Waals surface area (Å²) < 4.78 is 35.2. The number of methoxy groups -OCH3 is 1. The summed E-state index contributed by atoms with van der Waals surface area (Å²) in [6.07, 6.45) is 10.1. The quantitative estimate of drug-likeness (QED) is 0.0215. The van der Waals surface area contributed by atoms with Crippen molar-refractivity contribution in [3.63, 3.8) is 0 Å².